The zero-order valence-electron chi connectivity index (χ0n) is 22.1. The fraction of sp³-hybridized carbons (Fsp3) is 0.370. The van der Waals surface area contributed by atoms with E-state index in [1.165, 1.54) is 50.4 Å². The van der Waals surface area contributed by atoms with E-state index in [4.69, 9.17) is 23.7 Å². The van der Waals surface area contributed by atoms with Crippen LogP contribution in [0.4, 0.5) is 16.2 Å². The van der Waals surface area contributed by atoms with Crippen molar-refractivity contribution in [2.24, 2.45) is 0 Å². The summed E-state index contributed by atoms with van der Waals surface area (Å²) < 4.78 is 26.5. The van der Waals surface area contributed by atoms with Crippen LogP contribution in [0, 0.1) is 0 Å². The van der Waals surface area contributed by atoms with Gasteiger partial charge < -0.3 is 28.6 Å². The Balaban J connectivity index is 1.97. The van der Waals surface area contributed by atoms with Gasteiger partial charge in [0.25, 0.3) is 5.91 Å². The van der Waals surface area contributed by atoms with Gasteiger partial charge in [0.1, 0.15) is 5.60 Å². The standard InChI is InChI=1S/C27H32N2O8/c1-27(2,3)37-26(32)29-13-12-28(20-16-18(25(31)36-7)9-10-19(20)29)23(30)11-8-17-14-21(33-4)24(35-6)22(15-17)34-5/h8-11,14-16H,12-13H2,1-7H3. The van der Waals surface area contributed by atoms with Crippen molar-refractivity contribution in [3.05, 3.63) is 47.5 Å². The van der Waals surface area contributed by atoms with Crippen molar-refractivity contribution in [1.82, 2.24) is 0 Å². The molecular weight excluding hydrogens is 480 g/mol. The van der Waals surface area contributed by atoms with Crippen LogP contribution < -0.4 is 24.0 Å². The Morgan fingerprint density at radius 1 is 0.838 bits per heavy atom. The molecule has 0 aliphatic carbocycles. The summed E-state index contributed by atoms with van der Waals surface area (Å²) in [6.45, 7) is 5.73. The lowest BCUT2D eigenvalue weighted by atomic mass is 10.1. The lowest BCUT2D eigenvalue weighted by Gasteiger charge is -2.37. The molecule has 0 aromatic heterocycles. The summed E-state index contributed by atoms with van der Waals surface area (Å²) in [7, 11) is 5.81. The van der Waals surface area contributed by atoms with Gasteiger partial charge >= 0.3 is 12.1 Å². The average molecular weight is 513 g/mol. The minimum Gasteiger partial charge on any atom is -0.493 e. The Bertz CT molecular complexity index is 1190. The minimum atomic E-state index is -0.695. The SMILES string of the molecule is COC(=O)c1ccc2c(c1)N(C(=O)C=Cc1cc(OC)c(OC)c(OC)c1)CCN2C(=O)OC(C)(C)C. The Morgan fingerprint density at radius 3 is 2.00 bits per heavy atom. The fourth-order valence-corrected chi connectivity index (χ4v) is 3.84. The Hall–Kier alpha value is -4.21. The van der Waals surface area contributed by atoms with Gasteiger partial charge in [0.05, 0.1) is 45.4 Å². The van der Waals surface area contributed by atoms with Crippen molar-refractivity contribution in [1.29, 1.82) is 0 Å². The van der Waals surface area contributed by atoms with E-state index in [1.807, 2.05) is 0 Å². The lowest BCUT2D eigenvalue weighted by molar-refractivity contribution is -0.114. The molecule has 0 N–H and O–H groups in total. The number of rotatable bonds is 6. The Kier molecular flexibility index (Phi) is 8.31. The quantitative estimate of drug-likeness (QED) is 0.417. The van der Waals surface area contributed by atoms with Gasteiger partial charge in [-0.3, -0.25) is 9.69 Å². The molecule has 0 bridgehead atoms. The summed E-state index contributed by atoms with van der Waals surface area (Å²) in [4.78, 5) is 41.3. The van der Waals surface area contributed by atoms with Crippen LogP contribution >= 0.6 is 0 Å². The van der Waals surface area contributed by atoms with Crippen molar-refractivity contribution in [3.63, 3.8) is 0 Å². The molecule has 0 fully saturated rings. The predicted octanol–water partition coefficient (Wildman–Crippen LogP) is 4.30. The highest BCUT2D eigenvalue weighted by Crippen LogP contribution is 2.39. The minimum absolute atomic E-state index is 0.190. The first-order valence-corrected chi connectivity index (χ1v) is 11.6. The summed E-state index contributed by atoms with van der Waals surface area (Å²) in [5.74, 6) is 0.440. The molecule has 1 aliphatic rings. The molecule has 37 heavy (non-hydrogen) atoms. The largest absolute Gasteiger partial charge is 0.493 e. The normalized spacial score (nSPS) is 13.2. The van der Waals surface area contributed by atoms with Crippen molar-refractivity contribution in [2.45, 2.75) is 26.4 Å². The molecule has 198 valence electrons. The second kappa shape index (κ2) is 11.2. The maximum atomic E-state index is 13.3. The molecule has 10 nitrogen and oxygen atoms in total. The predicted molar refractivity (Wildman–Crippen MR) is 139 cm³/mol. The van der Waals surface area contributed by atoms with Gasteiger partial charge in [-0.15, -0.1) is 0 Å². The van der Waals surface area contributed by atoms with Gasteiger partial charge in [-0.1, -0.05) is 0 Å². The summed E-state index contributed by atoms with van der Waals surface area (Å²) in [6, 6.07) is 8.11. The second-order valence-electron chi connectivity index (χ2n) is 9.11. The van der Waals surface area contributed by atoms with Gasteiger partial charge in [-0.05, 0) is 62.7 Å². The molecule has 2 amide bonds. The van der Waals surface area contributed by atoms with Crippen LogP contribution in [0.2, 0.25) is 0 Å². The van der Waals surface area contributed by atoms with Crippen molar-refractivity contribution in [3.8, 4) is 17.2 Å². The number of nitrogens with zero attached hydrogens (tertiary/aromatic N) is 2. The number of fused-ring (bicyclic) bond motifs is 1. The monoisotopic (exact) mass is 512 g/mol. The summed E-state index contributed by atoms with van der Waals surface area (Å²) in [6.07, 6.45) is 2.48. The number of methoxy groups -OCH3 is 4. The molecule has 2 aromatic carbocycles. The third-order valence-corrected chi connectivity index (χ3v) is 5.51. The van der Waals surface area contributed by atoms with Gasteiger partial charge in [0, 0.05) is 19.2 Å². The number of carbonyl (C=O) groups is 3. The molecule has 10 heteroatoms. The maximum absolute atomic E-state index is 13.3. The molecule has 0 spiro atoms. The first-order valence-electron chi connectivity index (χ1n) is 11.6. The molecule has 0 saturated carbocycles. The molecule has 0 unspecified atom stereocenters. The number of amides is 2. The number of carbonyl (C=O) groups excluding carboxylic acids is 3. The number of hydrogen-bond donors (Lipinski definition) is 0. The van der Waals surface area contributed by atoms with E-state index in [9.17, 15) is 14.4 Å². The molecule has 0 saturated heterocycles. The van der Waals surface area contributed by atoms with Crippen LogP contribution in [0.3, 0.4) is 0 Å². The Morgan fingerprint density at radius 2 is 1.46 bits per heavy atom. The third kappa shape index (κ3) is 6.14. The second-order valence-corrected chi connectivity index (χ2v) is 9.11. The molecule has 0 radical (unpaired) electrons. The van der Waals surface area contributed by atoms with E-state index >= 15 is 0 Å². The van der Waals surface area contributed by atoms with E-state index in [-0.39, 0.29) is 24.6 Å². The van der Waals surface area contributed by atoms with Crippen LogP contribution in [-0.2, 0) is 14.3 Å². The molecule has 1 heterocycles. The van der Waals surface area contributed by atoms with Crippen LogP contribution in [0.15, 0.2) is 36.4 Å². The fourth-order valence-electron chi connectivity index (χ4n) is 3.84. The van der Waals surface area contributed by atoms with Crippen molar-refractivity contribution >= 4 is 35.4 Å². The maximum Gasteiger partial charge on any atom is 0.414 e. The summed E-state index contributed by atoms with van der Waals surface area (Å²) >= 11 is 0. The van der Waals surface area contributed by atoms with Crippen LogP contribution in [0.25, 0.3) is 6.08 Å². The van der Waals surface area contributed by atoms with Gasteiger partial charge in [-0.2, -0.15) is 0 Å². The summed E-state index contributed by atoms with van der Waals surface area (Å²) in [5, 5.41) is 0. The highest BCUT2D eigenvalue weighted by atomic mass is 16.6. The molecule has 1 aliphatic heterocycles. The highest BCUT2D eigenvalue weighted by molar-refractivity contribution is 6.09. The van der Waals surface area contributed by atoms with Crippen LogP contribution in [-0.4, -0.2) is 65.1 Å². The van der Waals surface area contributed by atoms with Crippen LogP contribution in [0.1, 0.15) is 36.7 Å². The first-order chi connectivity index (χ1) is 17.5. The summed E-state index contributed by atoms with van der Waals surface area (Å²) in [5.41, 5.74) is 1.04. The van der Waals surface area contributed by atoms with E-state index in [0.29, 0.717) is 34.2 Å². The average Bonchev–Trinajstić information content (AvgIpc) is 2.88. The number of hydrogen-bond acceptors (Lipinski definition) is 8. The lowest BCUT2D eigenvalue weighted by Crippen LogP contribution is -2.47. The van der Waals surface area contributed by atoms with Gasteiger partial charge in [-0.25, -0.2) is 9.59 Å². The highest BCUT2D eigenvalue weighted by Gasteiger charge is 2.32. The van der Waals surface area contributed by atoms with E-state index < -0.39 is 17.7 Å². The third-order valence-electron chi connectivity index (χ3n) is 5.51. The number of ether oxygens (including phenoxy) is 5. The first kappa shape index (κ1) is 27.4. The smallest absolute Gasteiger partial charge is 0.414 e. The molecule has 3 rings (SSSR count). The van der Waals surface area contributed by atoms with Crippen molar-refractivity contribution in [2.75, 3.05) is 51.3 Å². The number of anilines is 2. The number of esters is 1. The molecule has 0 atom stereocenters. The molecular formula is C27H32N2O8. The zero-order chi connectivity index (χ0) is 27.3. The van der Waals surface area contributed by atoms with Crippen molar-refractivity contribution < 1.29 is 38.1 Å². The number of benzene rings is 2. The van der Waals surface area contributed by atoms with E-state index in [0.717, 1.165) is 0 Å². The Labute approximate surface area is 216 Å². The van der Waals surface area contributed by atoms with E-state index in [2.05, 4.69) is 0 Å². The van der Waals surface area contributed by atoms with Gasteiger partial charge in [0.15, 0.2) is 11.5 Å². The molecule has 2 aromatic rings. The van der Waals surface area contributed by atoms with E-state index in [1.54, 1.807) is 51.1 Å². The van der Waals surface area contributed by atoms with Gasteiger partial charge in [0.2, 0.25) is 5.75 Å². The topological polar surface area (TPSA) is 104 Å². The zero-order valence-corrected chi connectivity index (χ0v) is 22.1. The van der Waals surface area contributed by atoms with Crippen LogP contribution in [0.5, 0.6) is 17.2 Å².